The monoisotopic (exact) mass is 273 g/mol. The van der Waals surface area contributed by atoms with Crippen molar-refractivity contribution in [1.29, 1.82) is 0 Å². The molecule has 1 aromatic rings. The Kier molecular flexibility index (Phi) is 4.13. The van der Waals surface area contributed by atoms with Crippen LogP contribution >= 0.6 is 0 Å². The Morgan fingerprint density at radius 1 is 1.10 bits per heavy atom. The predicted octanol–water partition coefficient (Wildman–Crippen LogP) is 3.55. The van der Waals surface area contributed by atoms with E-state index in [0.29, 0.717) is 5.92 Å². The summed E-state index contributed by atoms with van der Waals surface area (Å²) in [6.45, 7) is 4.29. The van der Waals surface area contributed by atoms with Crippen molar-refractivity contribution < 1.29 is 5.11 Å². The van der Waals surface area contributed by atoms with Gasteiger partial charge in [-0.15, -0.1) is 0 Å². The summed E-state index contributed by atoms with van der Waals surface area (Å²) in [5.41, 5.74) is 0.461. The minimum atomic E-state index is -0.633. The fourth-order valence-electron chi connectivity index (χ4n) is 4.09. The lowest BCUT2D eigenvalue weighted by atomic mass is 9.76. The molecule has 1 saturated heterocycles. The van der Waals surface area contributed by atoms with Crippen molar-refractivity contribution >= 4 is 0 Å². The number of hydrogen-bond donors (Lipinski definition) is 1. The molecule has 1 N–H and O–H groups in total. The number of rotatable bonds is 2. The summed E-state index contributed by atoms with van der Waals surface area (Å²) < 4.78 is 0. The Morgan fingerprint density at radius 3 is 2.45 bits per heavy atom. The maximum absolute atomic E-state index is 11.1. The first kappa shape index (κ1) is 14.1. The van der Waals surface area contributed by atoms with Crippen LogP contribution in [0.5, 0.6) is 0 Å². The van der Waals surface area contributed by atoms with Crippen molar-refractivity contribution in [2.24, 2.45) is 5.92 Å². The zero-order valence-corrected chi connectivity index (χ0v) is 12.6. The van der Waals surface area contributed by atoms with Gasteiger partial charge in [-0.3, -0.25) is 4.90 Å². The van der Waals surface area contributed by atoms with Crippen molar-refractivity contribution in [2.45, 2.75) is 57.1 Å². The predicted molar refractivity (Wildman–Crippen MR) is 82.6 cm³/mol. The minimum absolute atomic E-state index is 0.306. The maximum Gasteiger partial charge on any atom is 0.0946 e. The van der Waals surface area contributed by atoms with E-state index in [0.717, 1.165) is 31.1 Å². The van der Waals surface area contributed by atoms with Crippen LogP contribution < -0.4 is 0 Å². The Bertz CT molecular complexity index is 426. The standard InChI is InChI=1S/C18H27NO/c1-15-14-19(17-10-6-3-7-11-17)13-12-18(15,20)16-8-4-2-5-9-16/h2,4-5,8-9,15,17,20H,3,6-7,10-14H2,1H3/t15-,18+/m0/s1. The molecule has 1 saturated carbocycles. The van der Waals surface area contributed by atoms with E-state index >= 15 is 0 Å². The molecule has 2 atom stereocenters. The molecular formula is C18H27NO. The average molecular weight is 273 g/mol. The molecule has 0 aromatic heterocycles. The van der Waals surface area contributed by atoms with Crippen LogP contribution in [0, 0.1) is 5.92 Å². The smallest absolute Gasteiger partial charge is 0.0946 e. The molecule has 1 aliphatic carbocycles. The van der Waals surface area contributed by atoms with Crippen LogP contribution in [0.2, 0.25) is 0 Å². The molecule has 0 amide bonds. The molecule has 1 aromatic carbocycles. The summed E-state index contributed by atoms with van der Waals surface area (Å²) in [5, 5.41) is 11.1. The van der Waals surface area contributed by atoms with Gasteiger partial charge in [0.1, 0.15) is 0 Å². The van der Waals surface area contributed by atoms with Crippen LogP contribution in [-0.2, 0) is 5.60 Å². The molecular weight excluding hydrogens is 246 g/mol. The lowest BCUT2D eigenvalue weighted by Crippen LogP contribution is -2.52. The van der Waals surface area contributed by atoms with Gasteiger partial charge in [0.05, 0.1) is 5.60 Å². The first-order chi connectivity index (χ1) is 9.70. The van der Waals surface area contributed by atoms with Gasteiger partial charge in [-0.1, -0.05) is 56.5 Å². The summed E-state index contributed by atoms with van der Waals surface area (Å²) >= 11 is 0. The number of benzene rings is 1. The van der Waals surface area contributed by atoms with Gasteiger partial charge >= 0.3 is 0 Å². The van der Waals surface area contributed by atoms with E-state index < -0.39 is 5.60 Å². The van der Waals surface area contributed by atoms with Crippen molar-refractivity contribution in [2.75, 3.05) is 13.1 Å². The van der Waals surface area contributed by atoms with Crippen LogP contribution in [0.1, 0.15) is 51.0 Å². The summed E-state index contributed by atoms with van der Waals surface area (Å²) in [5.74, 6) is 0.306. The van der Waals surface area contributed by atoms with E-state index in [4.69, 9.17) is 0 Å². The molecule has 110 valence electrons. The third-order valence-corrected chi connectivity index (χ3v) is 5.47. The number of likely N-dealkylation sites (tertiary alicyclic amines) is 1. The van der Waals surface area contributed by atoms with E-state index in [-0.39, 0.29) is 0 Å². The van der Waals surface area contributed by atoms with Gasteiger partial charge in [0.2, 0.25) is 0 Å². The second kappa shape index (κ2) is 5.87. The van der Waals surface area contributed by atoms with Gasteiger partial charge < -0.3 is 5.11 Å². The highest BCUT2D eigenvalue weighted by Gasteiger charge is 2.41. The molecule has 2 fully saturated rings. The summed E-state index contributed by atoms with van der Waals surface area (Å²) in [4.78, 5) is 2.64. The number of hydrogen-bond acceptors (Lipinski definition) is 2. The van der Waals surface area contributed by atoms with Crippen molar-refractivity contribution in [3.05, 3.63) is 35.9 Å². The molecule has 0 radical (unpaired) electrons. The zero-order chi connectivity index (χ0) is 14.0. The van der Waals surface area contributed by atoms with E-state index in [1.165, 1.54) is 32.1 Å². The Hall–Kier alpha value is -0.860. The minimum Gasteiger partial charge on any atom is -0.385 e. The normalized spacial score (nSPS) is 33.2. The molecule has 20 heavy (non-hydrogen) atoms. The largest absolute Gasteiger partial charge is 0.385 e. The molecule has 3 rings (SSSR count). The highest BCUT2D eigenvalue weighted by molar-refractivity contribution is 5.24. The van der Waals surface area contributed by atoms with Crippen LogP contribution in [0.15, 0.2) is 30.3 Å². The second-order valence-corrected chi connectivity index (χ2v) is 6.73. The molecule has 0 spiro atoms. The topological polar surface area (TPSA) is 23.5 Å². The first-order valence-corrected chi connectivity index (χ1v) is 8.22. The van der Waals surface area contributed by atoms with Gasteiger partial charge in [0.25, 0.3) is 0 Å². The van der Waals surface area contributed by atoms with Gasteiger partial charge in [0.15, 0.2) is 0 Å². The van der Waals surface area contributed by atoms with Gasteiger partial charge in [-0.05, 0) is 24.8 Å². The molecule has 0 unspecified atom stereocenters. The number of nitrogens with zero attached hydrogens (tertiary/aromatic N) is 1. The summed E-state index contributed by atoms with van der Waals surface area (Å²) in [6, 6.07) is 11.0. The number of piperidine rings is 1. The molecule has 2 nitrogen and oxygen atoms in total. The highest BCUT2D eigenvalue weighted by atomic mass is 16.3. The average Bonchev–Trinajstić information content (AvgIpc) is 2.52. The fourth-order valence-corrected chi connectivity index (χ4v) is 4.09. The SMILES string of the molecule is C[C@H]1CN(C2CCCCC2)CC[C@]1(O)c1ccccc1. The lowest BCUT2D eigenvalue weighted by Gasteiger charge is -2.47. The van der Waals surface area contributed by atoms with E-state index in [1.54, 1.807) is 0 Å². The number of aliphatic hydroxyl groups is 1. The van der Waals surface area contributed by atoms with Crippen LogP contribution in [0.3, 0.4) is 0 Å². The van der Waals surface area contributed by atoms with Crippen LogP contribution in [-0.4, -0.2) is 29.1 Å². The zero-order valence-electron chi connectivity index (χ0n) is 12.6. The quantitative estimate of drug-likeness (QED) is 0.891. The van der Waals surface area contributed by atoms with E-state index in [9.17, 15) is 5.11 Å². The van der Waals surface area contributed by atoms with Gasteiger partial charge in [-0.25, -0.2) is 0 Å². The Balaban J connectivity index is 1.70. The molecule has 2 heteroatoms. The molecule has 1 aliphatic heterocycles. The summed E-state index contributed by atoms with van der Waals surface area (Å²) in [6.07, 6.45) is 7.77. The third kappa shape index (κ3) is 2.64. The second-order valence-electron chi connectivity index (χ2n) is 6.73. The molecule has 0 bridgehead atoms. The van der Waals surface area contributed by atoms with E-state index in [1.807, 2.05) is 18.2 Å². The highest BCUT2D eigenvalue weighted by Crippen LogP contribution is 2.39. The Morgan fingerprint density at radius 2 is 1.80 bits per heavy atom. The van der Waals surface area contributed by atoms with E-state index in [2.05, 4.69) is 24.0 Å². The third-order valence-electron chi connectivity index (χ3n) is 5.47. The van der Waals surface area contributed by atoms with Crippen molar-refractivity contribution in [1.82, 2.24) is 4.90 Å². The van der Waals surface area contributed by atoms with Crippen molar-refractivity contribution in [3.8, 4) is 0 Å². The lowest BCUT2D eigenvalue weighted by molar-refractivity contribution is -0.0822. The van der Waals surface area contributed by atoms with Crippen LogP contribution in [0.4, 0.5) is 0 Å². The van der Waals surface area contributed by atoms with Gasteiger partial charge in [0, 0.05) is 25.0 Å². The Labute approximate surface area is 122 Å². The van der Waals surface area contributed by atoms with Gasteiger partial charge in [-0.2, -0.15) is 0 Å². The summed E-state index contributed by atoms with van der Waals surface area (Å²) in [7, 11) is 0. The van der Waals surface area contributed by atoms with Crippen LogP contribution in [0.25, 0.3) is 0 Å². The first-order valence-electron chi connectivity index (χ1n) is 8.22. The maximum atomic E-state index is 11.1. The fraction of sp³-hybridized carbons (Fsp3) is 0.667. The molecule has 1 heterocycles. The molecule has 2 aliphatic rings. The van der Waals surface area contributed by atoms with Crippen molar-refractivity contribution in [3.63, 3.8) is 0 Å².